The van der Waals surface area contributed by atoms with Gasteiger partial charge in [-0.3, -0.25) is 4.52 Å². The molecule has 1 unspecified atom stereocenters. The summed E-state index contributed by atoms with van der Waals surface area (Å²) >= 11 is 0.692. The molecular formula is C5H13ClNO3PS. The van der Waals surface area contributed by atoms with Gasteiger partial charge in [-0.1, -0.05) is 0 Å². The summed E-state index contributed by atoms with van der Waals surface area (Å²) in [6.45, 7) is 5.36. The molecule has 1 N–H and O–H groups in total. The van der Waals surface area contributed by atoms with Gasteiger partial charge in [0.15, 0.2) is 0 Å². The highest BCUT2D eigenvalue weighted by Crippen LogP contribution is 2.52. The lowest BCUT2D eigenvalue weighted by Crippen LogP contribution is -2.20. The van der Waals surface area contributed by atoms with E-state index in [2.05, 4.69) is 4.52 Å². The maximum atomic E-state index is 11.3. The van der Waals surface area contributed by atoms with Gasteiger partial charge in [0, 0.05) is 17.2 Å². The van der Waals surface area contributed by atoms with Crippen LogP contribution in [0.4, 0.5) is 0 Å². The monoisotopic (exact) mass is 233 g/mol. The molecule has 0 aliphatic carbocycles. The van der Waals surface area contributed by atoms with Crippen LogP contribution < -0.4 is 0 Å². The fourth-order valence-electron chi connectivity index (χ4n) is 0.636. The molecule has 0 saturated heterocycles. The zero-order valence-corrected chi connectivity index (χ0v) is 9.70. The SMILES string of the molecule is CCOP(=O)(O)N(SCl)C(C)C. The van der Waals surface area contributed by atoms with Gasteiger partial charge in [-0.2, -0.15) is 0 Å². The predicted octanol–water partition coefficient (Wildman–Crippen LogP) is 2.64. The molecule has 0 aromatic carbocycles. The number of hydrogen-bond acceptors (Lipinski definition) is 3. The lowest BCUT2D eigenvalue weighted by Gasteiger charge is -2.25. The number of nitrogens with zero attached hydrogens (tertiary/aromatic N) is 1. The van der Waals surface area contributed by atoms with Gasteiger partial charge in [-0.25, -0.2) is 4.57 Å². The first-order valence-electron chi connectivity index (χ1n) is 3.51. The van der Waals surface area contributed by atoms with E-state index in [0.717, 1.165) is 4.08 Å². The van der Waals surface area contributed by atoms with Crippen LogP contribution in [0.25, 0.3) is 0 Å². The molecule has 0 spiro atoms. The normalized spacial score (nSPS) is 16.9. The maximum Gasteiger partial charge on any atom is 0.416 e. The highest BCUT2D eigenvalue weighted by atomic mass is 35.7. The van der Waals surface area contributed by atoms with Crippen LogP contribution in [0, 0.1) is 0 Å². The van der Waals surface area contributed by atoms with Gasteiger partial charge in [-0.05, 0) is 31.5 Å². The summed E-state index contributed by atoms with van der Waals surface area (Å²) in [6, 6.07) is -0.144. The largest absolute Gasteiger partial charge is 0.416 e. The summed E-state index contributed by atoms with van der Waals surface area (Å²) in [6.07, 6.45) is 0. The van der Waals surface area contributed by atoms with Crippen LogP contribution in [-0.2, 0) is 9.09 Å². The zero-order chi connectivity index (χ0) is 9.78. The molecule has 0 radical (unpaired) electrons. The van der Waals surface area contributed by atoms with Crippen molar-refractivity contribution in [1.29, 1.82) is 0 Å². The fourth-order valence-corrected chi connectivity index (χ4v) is 3.46. The van der Waals surface area contributed by atoms with Gasteiger partial charge in [0.2, 0.25) is 0 Å². The highest BCUT2D eigenvalue weighted by molar-refractivity contribution is 8.21. The minimum absolute atomic E-state index is 0.144. The molecule has 0 aliphatic heterocycles. The second-order valence-electron chi connectivity index (χ2n) is 2.37. The Balaban J connectivity index is 4.37. The van der Waals surface area contributed by atoms with Crippen molar-refractivity contribution in [2.45, 2.75) is 26.8 Å². The molecule has 12 heavy (non-hydrogen) atoms. The van der Waals surface area contributed by atoms with Crippen molar-refractivity contribution in [3.63, 3.8) is 0 Å². The highest BCUT2D eigenvalue weighted by Gasteiger charge is 2.31. The van der Waals surface area contributed by atoms with Gasteiger partial charge in [0.25, 0.3) is 0 Å². The first kappa shape index (κ1) is 12.8. The quantitative estimate of drug-likeness (QED) is 0.584. The average Bonchev–Trinajstić information content (AvgIpc) is 1.86. The number of halogens is 1. The molecule has 0 rings (SSSR count). The van der Waals surface area contributed by atoms with Crippen molar-refractivity contribution in [1.82, 2.24) is 4.08 Å². The lowest BCUT2D eigenvalue weighted by atomic mass is 10.4. The Morgan fingerprint density at radius 2 is 2.25 bits per heavy atom. The van der Waals surface area contributed by atoms with E-state index in [1.165, 1.54) is 0 Å². The van der Waals surface area contributed by atoms with Crippen LogP contribution in [0.15, 0.2) is 0 Å². The molecule has 74 valence electrons. The van der Waals surface area contributed by atoms with E-state index in [1.54, 1.807) is 20.8 Å². The van der Waals surface area contributed by atoms with Crippen LogP contribution in [0.5, 0.6) is 0 Å². The van der Waals surface area contributed by atoms with Crippen molar-refractivity contribution >= 4 is 29.6 Å². The van der Waals surface area contributed by atoms with Crippen molar-refractivity contribution in [2.24, 2.45) is 0 Å². The van der Waals surface area contributed by atoms with Crippen LogP contribution in [0.1, 0.15) is 20.8 Å². The Labute approximate surface area is 81.5 Å². The Morgan fingerprint density at radius 1 is 1.75 bits per heavy atom. The second kappa shape index (κ2) is 5.47. The molecule has 0 amide bonds. The minimum Gasteiger partial charge on any atom is -0.312 e. The van der Waals surface area contributed by atoms with E-state index in [1.807, 2.05) is 0 Å². The molecule has 0 aromatic heterocycles. The topological polar surface area (TPSA) is 49.8 Å². The van der Waals surface area contributed by atoms with E-state index in [0.29, 0.717) is 11.2 Å². The summed E-state index contributed by atoms with van der Waals surface area (Å²) < 4.78 is 17.2. The summed E-state index contributed by atoms with van der Waals surface area (Å²) in [5.74, 6) is 0. The van der Waals surface area contributed by atoms with Gasteiger partial charge < -0.3 is 4.89 Å². The third-order valence-corrected chi connectivity index (χ3v) is 4.78. The molecule has 0 aliphatic rings. The van der Waals surface area contributed by atoms with E-state index in [9.17, 15) is 9.46 Å². The summed E-state index contributed by atoms with van der Waals surface area (Å²) in [7, 11) is 1.72. The van der Waals surface area contributed by atoms with Crippen LogP contribution in [0.3, 0.4) is 0 Å². The Hall–Kier alpha value is 0.750. The van der Waals surface area contributed by atoms with Gasteiger partial charge >= 0.3 is 7.75 Å². The van der Waals surface area contributed by atoms with Crippen molar-refractivity contribution in [3.05, 3.63) is 0 Å². The van der Waals surface area contributed by atoms with Crippen molar-refractivity contribution < 1.29 is 14.0 Å². The molecule has 1 atom stereocenters. The average molecular weight is 234 g/mol. The first-order chi connectivity index (χ1) is 5.45. The lowest BCUT2D eigenvalue weighted by molar-refractivity contribution is 0.236. The Morgan fingerprint density at radius 3 is 2.50 bits per heavy atom. The number of hydrogen-bond donors (Lipinski definition) is 1. The number of rotatable bonds is 5. The second-order valence-corrected chi connectivity index (χ2v) is 5.26. The maximum absolute atomic E-state index is 11.3. The van der Waals surface area contributed by atoms with E-state index in [4.69, 9.17) is 10.7 Å². The molecular weight excluding hydrogens is 221 g/mol. The van der Waals surface area contributed by atoms with E-state index >= 15 is 0 Å². The summed E-state index contributed by atoms with van der Waals surface area (Å²) in [5, 5.41) is 0. The molecule has 4 nitrogen and oxygen atoms in total. The summed E-state index contributed by atoms with van der Waals surface area (Å²) in [5.41, 5.74) is 0. The minimum atomic E-state index is -3.69. The van der Waals surface area contributed by atoms with Crippen LogP contribution in [0.2, 0.25) is 0 Å². The van der Waals surface area contributed by atoms with Gasteiger partial charge in [0.05, 0.1) is 6.61 Å². The Kier molecular flexibility index (Phi) is 5.82. The van der Waals surface area contributed by atoms with E-state index in [-0.39, 0.29) is 12.6 Å². The van der Waals surface area contributed by atoms with E-state index < -0.39 is 7.75 Å². The predicted molar refractivity (Wildman–Crippen MR) is 51.9 cm³/mol. The molecule has 0 fully saturated rings. The summed E-state index contributed by atoms with van der Waals surface area (Å²) in [4.78, 5) is 9.30. The fraction of sp³-hybridized carbons (Fsp3) is 1.00. The van der Waals surface area contributed by atoms with Crippen molar-refractivity contribution in [3.8, 4) is 0 Å². The third-order valence-electron chi connectivity index (χ3n) is 1.06. The zero-order valence-electron chi connectivity index (χ0n) is 7.23. The van der Waals surface area contributed by atoms with Gasteiger partial charge in [-0.15, -0.1) is 4.08 Å². The first-order valence-corrected chi connectivity index (χ1v) is 6.64. The molecule has 0 saturated carbocycles. The van der Waals surface area contributed by atoms with Crippen molar-refractivity contribution in [2.75, 3.05) is 6.61 Å². The third kappa shape index (κ3) is 3.64. The van der Waals surface area contributed by atoms with Gasteiger partial charge in [0.1, 0.15) is 0 Å². The smallest absolute Gasteiger partial charge is 0.312 e. The standard InChI is InChI=1S/C5H13ClNO3PS/c1-4-10-11(8,9)7(12-6)5(2)3/h5H,4H2,1-3H3,(H,8,9). The van der Waals surface area contributed by atoms with Crippen LogP contribution in [-0.4, -0.2) is 21.6 Å². The van der Waals surface area contributed by atoms with Crippen LogP contribution >= 0.6 is 29.6 Å². The Bertz CT molecular complexity index is 180. The molecule has 0 aromatic rings. The molecule has 0 bridgehead atoms. The molecule has 7 heteroatoms. The molecule has 0 heterocycles.